The van der Waals surface area contributed by atoms with E-state index in [0.717, 1.165) is 6.42 Å². The number of hydrogen-bond donors (Lipinski definition) is 2. The molecule has 1 unspecified atom stereocenters. The first-order valence-electron chi connectivity index (χ1n) is 3.73. The minimum Gasteiger partial charge on any atom is -0.370 e. The van der Waals surface area contributed by atoms with Crippen LogP contribution in [0.15, 0.2) is 0 Å². The first kappa shape index (κ1) is 8.04. The van der Waals surface area contributed by atoms with Gasteiger partial charge in [0.25, 0.3) is 0 Å². The molecule has 4 heteroatoms. The van der Waals surface area contributed by atoms with Crippen molar-refractivity contribution in [1.82, 2.24) is 5.32 Å². The lowest BCUT2D eigenvalue weighted by atomic mass is 9.94. The van der Waals surface area contributed by atoms with Crippen LogP contribution in [0.3, 0.4) is 0 Å². The molecular weight excluding hydrogens is 144 g/mol. The molecule has 0 aromatic heterocycles. The van der Waals surface area contributed by atoms with Crippen molar-refractivity contribution in [2.75, 3.05) is 6.54 Å². The molecule has 1 rings (SSSR count). The number of nitrogens with one attached hydrogen (secondary N) is 1. The van der Waals surface area contributed by atoms with Gasteiger partial charge in [0, 0.05) is 19.4 Å². The Morgan fingerprint density at radius 3 is 3.00 bits per heavy atom. The molecule has 11 heavy (non-hydrogen) atoms. The second-order valence-electron chi connectivity index (χ2n) is 2.88. The molecule has 3 N–H and O–H groups in total. The van der Waals surface area contributed by atoms with E-state index in [1.54, 1.807) is 0 Å². The highest BCUT2D eigenvalue weighted by atomic mass is 16.2. The summed E-state index contributed by atoms with van der Waals surface area (Å²) in [6, 6.07) is 0. The number of rotatable bonds is 2. The van der Waals surface area contributed by atoms with Crippen molar-refractivity contribution in [2.24, 2.45) is 11.7 Å². The molecule has 1 heterocycles. The molecule has 1 saturated heterocycles. The fourth-order valence-corrected chi connectivity index (χ4v) is 1.31. The summed E-state index contributed by atoms with van der Waals surface area (Å²) in [5, 5.41) is 2.69. The average molecular weight is 156 g/mol. The van der Waals surface area contributed by atoms with Crippen molar-refractivity contribution >= 4 is 11.8 Å². The molecule has 1 aliphatic rings. The molecule has 0 aromatic rings. The van der Waals surface area contributed by atoms with Crippen LogP contribution in [-0.2, 0) is 9.59 Å². The molecule has 1 aliphatic heterocycles. The molecular formula is C7H12N2O2. The van der Waals surface area contributed by atoms with Gasteiger partial charge in [-0.15, -0.1) is 0 Å². The Morgan fingerprint density at radius 1 is 1.73 bits per heavy atom. The molecule has 62 valence electrons. The first-order chi connectivity index (χ1) is 5.18. The Balaban J connectivity index is 2.34. The molecule has 2 amide bonds. The summed E-state index contributed by atoms with van der Waals surface area (Å²) < 4.78 is 0. The van der Waals surface area contributed by atoms with E-state index in [9.17, 15) is 9.59 Å². The normalized spacial score (nSPS) is 24.4. The molecule has 4 nitrogen and oxygen atoms in total. The summed E-state index contributed by atoms with van der Waals surface area (Å²) in [4.78, 5) is 21.3. The van der Waals surface area contributed by atoms with Crippen LogP contribution in [0, 0.1) is 5.92 Å². The van der Waals surface area contributed by atoms with E-state index < -0.39 is 0 Å². The fourth-order valence-electron chi connectivity index (χ4n) is 1.31. The summed E-state index contributed by atoms with van der Waals surface area (Å²) in [5.74, 6) is -0.117. The summed E-state index contributed by atoms with van der Waals surface area (Å²) >= 11 is 0. The number of primary amides is 1. The Kier molecular flexibility index (Phi) is 2.46. The van der Waals surface area contributed by atoms with Gasteiger partial charge in [-0.2, -0.15) is 0 Å². The van der Waals surface area contributed by atoms with Crippen LogP contribution < -0.4 is 11.1 Å². The van der Waals surface area contributed by atoms with Gasteiger partial charge < -0.3 is 11.1 Å². The lowest BCUT2D eigenvalue weighted by Crippen LogP contribution is -2.35. The third-order valence-electron chi connectivity index (χ3n) is 1.84. The van der Waals surface area contributed by atoms with Gasteiger partial charge >= 0.3 is 0 Å². The molecule has 1 fully saturated rings. The van der Waals surface area contributed by atoms with E-state index in [1.807, 2.05) is 0 Å². The van der Waals surface area contributed by atoms with Crippen LogP contribution in [0.25, 0.3) is 0 Å². The van der Waals surface area contributed by atoms with Crippen LogP contribution in [0.1, 0.15) is 19.3 Å². The number of carbonyl (C=O) groups is 2. The maximum Gasteiger partial charge on any atom is 0.220 e. The highest BCUT2D eigenvalue weighted by Gasteiger charge is 2.19. The van der Waals surface area contributed by atoms with Crippen LogP contribution in [-0.4, -0.2) is 18.4 Å². The zero-order chi connectivity index (χ0) is 8.27. The van der Waals surface area contributed by atoms with Crippen LogP contribution >= 0.6 is 0 Å². The van der Waals surface area contributed by atoms with E-state index in [0.29, 0.717) is 19.4 Å². The summed E-state index contributed by atoms with van der Waals surface area (Å²) in [5.41, 5.74) is 5.00. The zero-order valence-electron chi connectivity index (χ0n) is 6.30. The van der Waals surface area contributed by atoms with Crippen LogP contribution in [0.4, 0.5) is 0 Å². The van der Waals surface area contributed by atoms with Gasteiger partial charge in [0.05, 0.1) is 0 Å². The van der Waals surface area contributed by atoms with Gasteiger partial charge in [-0.05, 0) is 12.3 Å². The maximum atomic E-state index is 10.8. The van der Waals surface area contributed by atoms with Gasteiger partial charge in [0.1, 0.15) is 0 Å². The second kappa shape index (κ2) is 3.37. The summed E-state index contributed by atoms with van der Waals surface area (Å²) in [7, 11) is 0. The van der Waals surface area contributed by atoms with E-state index in [4.69, 9.17) is 5.73 Å². The molecule has 1 atom stereocenters. The largest absolute Gasteiger partial charge is 0.370 e. The summed E-state index contributed by atoms with van der Waals surface area (Å²) in [6.45, 7) is 0.677. The predicted octanol–water partition coefficient (Wildman–Crippen LogP) is -0.612. The number of piperidine rings is 1. The lowest BCUT2D eigenvalue weighted by Gasteiger charge is -2.20. The number of hydrogen-bond acceptors (Lipinski definition) is 2. The SMILES string of the molecule is NC(=O)CC1CCNC(=O)C1. The van der Waals surface area contributed by atoms with Gasteiger partial charge in [0.15, 0.2) is 0 Å². The van der Waals surface area contributed by atoms with E-state index >= 15 is 0 Å². The summed E-state index contributed by atoms with van der Waals surface area (Å²) in [6.07, 6.45) is 1.66. The monoisotopic (exact) mass is 156 g/mol. The minimum atomic E-state index is -0.315. The first-order valence-corrected chi connectivity index (χ1v) is 3.73. The van der Waals surface area contributed by atoms with E-state index in [-0.39, 0.29) is 17.7 Å². The van der Waals surface area contributed by atoms with Gasteiger partial charge in [-0.25, -0.2) is 0 Å². The van der Waals surface area contributed by atoms with Crippen LogP contribution in [0.2, 0.25) is 0 Å². The Morgan fingerprint density at radius 2 is 2.45 bits per heavy atom. The predicted molar refractivity (Wildman–Crippen MR) is 39.5 cm³/mol. The molecule has 0 spiro atoms. The molecule has 0 radical (unpaired) electrons. The molecule has 0 bridgehead atoms. The number of carbonyl (C=O) groups excluding carboxylic acids is 2. The highest BCUT2D eigenvalue weighted by Crippen LogP contribution is 2.15. The molecule has 0 aliphatic carbocycles. The third kappa shape index (κ3) is 2.57. The van der Waals surface area contributed by atoms with E-state index in [1.165, 1.54) is 0 Å². The minimum absolute atomic E-state index is 0.0301. The lowest BCUT2D eigenvalue weighted by molar-refractivity contribution is -0.124. The van der Waals surface area contributed by atoms with Crippen molar-refractivity contribution in [3.8, 4) is 0 Å². The fraction of sp³-hybridized carbons (Fsp3) is 0.714. The standard InChI is InChI=1S/C7H12N2O2/c8-6(10)3-5-1-2-9-7(11)4-5/h5H,1-4H2,(H2,8,10)(H,9,11). The van der Waals surface area contributed by atoms with Crippen molar-refractivity contribution in [1.29, 1.82) is 0 Å². The van der Waals surface area contributed by atoms with Gasteiger partial charge in [0.2, 0.25) is 11.8 Å². The Labute approximate surface area is 65.1 Å². The smallest absolute Gasteiger partial charge is 0.220 e. The topological polar surface area (TPSA) is 72.2 Å². The zero-order valence-corrected chi connectivity index (χ0v) is 6.30. The van der Waals surface area contributed by atoms with Crippen molar-refractivity contribution in [2.45, 2.75) is 19.3 Å². The Bertz CT molecular complexity index is 177. The van der Waals surface area contributed by atoms with Gasteiger partial charge in [-0.3, -0.25) is 9.59 Å². The van der Waals surface area contributed by atoms with Crippen molar-refractivity contribution in [3.63, 3.8) is 0 Å². The number of nitrogens with two attached hydrogens (primary N) is 1. The second-order valence-corrected chi connectivity index (χ2v) is 2.88. The average Bonchev–Trinajstić information content (AvgIpc) is 1.85. The van der Waals surface area contributed by atoms with Crippen LogP contribution in [0.5, 0.6) is 0 Å². The van der Waals surface area contributed by atoms with Crippen molar-refractivity contribution < 1.29 is 9.59 Å². The Hall–Kier alpha value is -1.06. The highest BCUT2D eigenvalue weighted by molar-refractivity contribution is 5.79. The molecule has 0 aromatic carbocycles. The third-order valence-corrected chi connectivity index (χ3v) is 1.84. The number of amides is 2. The van der Waals surface area contributed by atoms with E-state index in [2.05, 4.69) is 5.32 Å². The quantitative estimate of drug-likeness (QED) is 0.559. The van der Waals surface area contributed by atoms with Gasteiger partial charge in [-0.1, -0.05) is 0 Å². The molecule has 0 saturated carbocycles. The maximum absolute atomic E-state index is 10.8. The van der Waals surface area contributed by atoms with Crippen molar-refractivity contribution in [3.05, 3.63) is 0 Å².